The van der Waals surface area contributed by atoms with Gasteiger partial charge in [0.25, 0.3) is 5.91 Å². The highest BCUT2D eigenvalue weighted by atomic mass is 79.9. The number of carbonyl (C=O) groups is 1. The Labute approximate surface area is 108 Å². The fraction of sp³-hybridized carbons (Fsp3) is 0.364. The van der Waals surface area contributed by atoms with Gasteiger partial charge >= 0.3 is 0 Å². The van der Waals surface area contributed by atoms with E-state index >= 15 is 0 Å². The second kappa shape index (κ2) is 6.00. The van der Waals surface area contributed by atoms with Crippen molar-refractivity contribution < 1.29 is 9.90 Å². The van der Waals surface area contributed by atoms with Crippen LogP contribution < -0.4 is 16.8 Å². The predicted molar refractivity (Wildman–Crippen MR) is 70.8 cm³/mol. The standard InChI is InChI=1S/C11H16BrN3O2/c1-6(16)8(13)5-15-9-4-2-3-7(12)10(9)11(14)17/h2-4,6,8,15-16H,5,13H2,1H3,(H2,14,17). The highest BCUT2D eigenvalue weighted by molar-refractivity contribution is 9.10. The molecule has 0 fully saturated rings. The maximum Gasteiger partial charge on any atom is 0.251 e. The van der Waals surface area contributed by atoms with Crippen LogP contribution in [0.4, 0.5) is 5.69 Å². The number of anilines is 1. The van der Waals surface area contributed by atoms with Crippen molar-refractivity contribution in [2.75, 3.05) is 11.9 Å². The van der Waals surface area contributed by atoms with Gasteiger partial charge in [-0.3, -0.25) is 4.79 Å². The third-order valence-electron chi connectivity index (χ3n) is 2.41. The van der Waals surface area contributed by atoms with Crippen LogP contribution in [0.2, 0.25) is 0 Å². The molecule has 0 radical (unpaired) electrons. The second-order valence-corrected chi connectivity index (χ2v) is 4.67. The summed E-state index contributed by atoms with van der Waals surface area (Å²) in [7, 11) is 0. The molecule has 94 valence electrons. The smallest absolute Gasteiger partial charge is 0.251 e. The lowest BCUT2D eigenvalue weighted by Crippen LogP contribution is -2.39. The first-order chi connectivity index (χ1) is 7.93. The molecular weight excluding hydrogens is 286 g/mol. The van der Waals surface area contributed by atoms with Crippen molar-refractivity contribution in [1.82, 2.24) is 0 Å². The lowest BCUT2D eigenvalue weighted by Gasteiger charge is -2.17. The molecule has 1 amide bonds. The number of primary amides is 1. The second-order valence-electron chi connectivity index (χ2n) is 3.81. The fourth-order valence-corrected chi connectivity index (χ4v) is 1.88. The largest absolute Gasteiger partial charge is 0.392 e. The van der Waals surface area contributed by atoms with Crippen LogP contribution in [0.15, 0.2) is 22.7 Å². The van der Waals surface area contributed by atoms with E-state index in [2.05, 4.69) is 21.2 Å². The summed E-state index contributed by atoms with van der Waals surface area (Å²) in [6.07, 6.45) is -0.619. The Hall–Kier alpha value is -1.11. The molecule has 6 heteroatoms. The van der Waals surface area contributed by atoms with Gasteiger partial charge in [-0.25, -0.2) is 0 Å². The van der Waals surface area contributed by atoms with Crippen molar-refractivity contribution in [1.29, 1.82) is 0 Å². The average Bonchev–Trinajstić information content (AvgIpc) is 2.24. The van der Waals surface area contributed by atoms with Gasteiger partial charge in [-0.2, -0.15) is 0 Å². The molecule has 2 unspecified atom stereocenters. The Morgan fingerprint density at radius 1 is 1.59 bits per heavy atom. The normalized spacial score (nSPS) is 14.1. The van der Waals surface area contributed by atoms with Gasteiger partial charge in [-0.05, 0) is 35.0 Å². The monoisotopic (exact) mass is 301 g/mol. The molecule has 1 aromatic carbocycles. The molecule has 5 nitrogen and oxygen atoms in total. The lowest BCUT2D eigenvalue weighted by atomic mass is 10.1. The molecule has 0 aliphatic carbocycles. The maximum atomic E-state index is 11.3. The third-order valence-corrected chi connectivity index (χ3v) is 3.07. The van der Waals surface area contributed by atoms with Crippen molar-refractivity contribution in [3.8, 4) is 0 Å². The summed E-state index contributed by atoms with van der Waals surface area (Å²) in [5.41, 5.74) is 12.0. The number of carbonyl (C=O) groups excluding carboxylic acids is 1. The van der Waals surface area contributed by atoms with Gasteiger partial charge in [0, 0.05) is 22.7 Å². The molecule has 1 rings (SSSR count). The Balaban J connectivity index is 2.84. The Morgan fingerprint density at radius 3 is 2.76 bits per heavy atom. The lowest BCUT2D eigenvalue weighted by molar-refractivity contribution is 0.100. The SMILES string of the molecule is CC(O)C(N)CNc1cccc(Br)c1C(N)=O. The minimum Gasteiger partial charge on any atom is -0.392 e. The summed E-state index contributed by atoms with van der Waals surface area (Å²) in [6.45, 7) is 1.97. The molecule has 0 saturated carbocycles. The van der Waals surface area contributed by atoms with Crippen LogP contribution in [-0.4, -0.2) is 29.7 Å². The summed E-state index contributed by atoms with van der Waals surface area (Å²) in [4.78, 5) is 11.3. The fourth-order valence-electron chi connectivity index (χ4n) is 1.32. The molecule has 0 heterocycles. The number of aliphatic hydroxyl groups is 1. The zero-order valence-electron chi connectivity index (χ0n) is 9.48. The van der Waals surface area contributed by atoms with Crippen molar-refractivity contribution >= 4 is 27.5 Å². The van der Waals surface area contributed by atoms with Crippen molar-refractivity contribution in [3.63, 3.8) is 0 Å². The van der Waals surface area contributed by atoms with E-state index in [1.54, 1.807) is 25.1 Å². The molecule has 1 aromatic rings. The van der Waals surface area contributed by atoms with Crippen LogP contribution in [0.3, 0.4) is 0 Å². The topological polar surface area (TPSA) is 101 Å². The van der Waals surface area contributed by atoms with E-state index in [-0.39, 0.29) is 0 Å². The number of nitrogens with two attached hydrogens (primary N) is 2. The first-order valence-electron chi connectivity index (χ1n) is 5.19. The average molecular weight is 302 g/mol. The van der Waals surface area contributed by atoms with E-state index in [0.717, 1.165) is 0 Å². The Morgan fingerprint density at radius 2 is 2.24 bits per heavy atom. The zero-order chi connectivity index (χ0) is 13.0. The predicted octanol–water partition coefficient (Wildman–Crippen LogP) is 0.668. The first-order valence-corrected chi connectivity index (χ1v) is 5.98. The van der Waals surface area contributed by atoms with Gasteiger partial charge in [0.1, 0.15) is 0 Å². The molecule has 6 N–H and O–H groups in total. The Bertz CT molecular complexity index is 410. The maximum absolute atomic E-state index is 11.3. The van der Waals surface area contributed by atoms with Crippen LogP contribution >= 0.6 is 15.9 Å². The van der Waals surface area contributed by atoms with E-state index in [0.29, 0.717) is 22.3 Å². The minimum absolute atomic E-state index is 0.356. The number of aliphatic hydroxyl groups excluding tert-OH is 1. The number of benzene rings is 1. The van der Waals surface area contributed by atoms with Crippen LogP contribution in [0.5, 0.6) is 0 Å². The van der Waals surface area contributed by atoms with Crippen LogP contribution in [0.1, 0.15) is 17.3 Å². The van der Waals surface area contributed by atoms with E-state index in [1.165, 1.54) is 0 Å². The minimum atomic E-state index is -0.619. The Kier molecular flexibility index (Phi) is 4.92. The quantitative estimate of drug-likeness (QED) is 0.642. The van der Waals surface area contributed by atoms with E-state index < -0.39 is 18.1 Å². The molecule has 0 aliphatic rings. The number of rotatable bonds is 5. The molecule has 0 bridgehead atoms. The highest BCUT2D eigenvalue weighted by Gasteiger charge is 2.14. The summed E-state index contributed by atoms with van der Waals surface area (Å²) in [5, 5.41) is 12.3. The van der Waals surface area contributed by atoms with Crippen LogP contribution in [-0.2, 0) is 0 Å². The van der Waals surface area contributed by atoms with Gasteiger partial charge in [0.05, 0.1) is 11.7 Å². The number of hydrogen-bond acceptors (Lipinski definition) is 4. The molecule has 0 saturated heterocycles. The highest BCUT2D eigenvalue weighted by Crippen LogP contribution is 2.24. The number of hydrogen-bond donors (Lipinski definition) is 4. The number of nitrogens with one attached hydrogen (secondary N) is 1. The summed E-state index contributed by atoms with van der Waals surface area (Å²) < 4.78 is 0.626. The van der Waals surface area contributed by atoms with Gasteiger partial charge in [-0.15, -0.1) is 0 Å². The van der Waals surface area contributed by atoms with Crippen LogP contribution in [0.25, 0.3) is 0 Å². The molecule has 2 atom stereocenters. The van der Waals surface area contributed by atoms with Crippen LogP contribution in [0, 0.1) is 0 Å². The van der Waals surface area contributed by atoms with Gasteiger partial charge in [0.2, 0.25) is 0 Å². The van der Waals surface area contributed by atoms with E-state index in [1.807, 2.05) is 0 Å². The number of amides is 1. The van der Waals surface area contributed by atoms with Crippen molar-refractivity contribution in [3.05, 3.63) is 28.2 Å². The zero-order valence-corrected chi connectivity index (χ0v) is 11.1. The summed E-state index contributed by atoms with van der Waals surface area (Å²) in [6, 6.07) is 4.85. The van der Waals surface area contributed by atoms with E-state index in [4.69, 9.17) is 11.5 Å². The van der Waals surface area contributed by atoms with E-state index in [9.17, 15) is 9.90 Å². The molecule has 0 aliphatic heterocycles. The third kappa shape index (κ3) is 3.69. The molecular formula is C11H16BrN3O2. The summed E-state index contributed by atoms with van der Waals surface area (Å²) in [5.74, 6) is -0.523. The van der Waals surface area contributed by atoms with Crippen molar-refractivity contribution in [2.45, 2.75) is 19.1 Å². The first kappa shape index (κ1) is 14.0. The molecule has 17 heavy (non-hydrogen) atoms. The number of halogens is 1. The summed E-state index contributed by atoms with van der Waals surface area (Å²) >= 11 is 3.26. The molecule has 0 aromatic heterocycles. The van der Waals surface area contributed by atoms with Gasteiger partial charge < -0.3 is 21.9 Å². The van der Waals surface area contributed by atoms with Crippen molar-refractivity contribution in [2.24, 2.45) is 11.5 Å². The van der Waals surface area contributed by atoms with Gasteiger partial charge in [0.15, 0.2) is 0 Å². The van der Waals surface area contributed by atoms with Gasteiger partial charge in [-0.1, -0.05) is 6.07 Å². The molecule has 0 spiro atoms.